The molecule has 20 heavy (non-hydrogen) atoms. The van der Waals surface area contributed by atoms with Crippen molar-refractivity contribution < 1.29 is 4.79 Å². The van der Waals surface area contributed by atoms with Crippen LogP contribution in [0, 0.1) is 17.2 Å². The topological polar surface area (TPSA) is 52.9 Å². The first kappa shape index (κ1) is 14.9. The number of nitrogens with zero attached hydrogens (tertiary/aromatic N) is 1. The summed E-state index contributed by atoms with van der Waals surface area (Å²) < 4.78 is 0. The van der Waals surface area contributed by atoms with Crippen LogP contribution in [0.5, 0.6) is 0 Å². The second-order valence-electron chi connectivity index (χ2n) is 5.44. The number of hydrogen-bond donors (Lipinski definition) is 1. The lowest BCUT2D eigenvalue weighted by Gasteiger charge is -2.25. The van der Waals surface area contributed by atoms with Crippen molar-refractivity contribution >= 4 is 23.4 Å². The zero-order chi connectivity index (χ0) is 14.4. The van der Waals surface area contributed by atoms with Gasteiger partial charge in [0.15, 0.2) is 0 Å². The lowest BCUT2D eigenvalue weighted by atomic mass is 9.91. The molecule has 1 fully saturated rings. The predicted molar refractivity (Wildman–Crippen MR) is 83.7 cm³/mol. The summed E-state index contributed by atoms with van der Waals surface area (Å²) in [5.41, 5.74) is 1.36. The van der Waals surface area contributed by atoms with E-state index < -0.39 is 0 Å². The molecule has 4 heteroatoms. The third-order valence-electron chi connectivity index (χ3n) is 3.64. The fourth-order valence-corrected chi connectivity index (χ4v) is 3.81. The van der Waals surface area contributed by atoms with E-state index in [1.807, 2.05) is 0 Å². The molecule has 1 aliphatic carbocycles. The number of nitriles is 1. The van der Waals surface area contributed by atoms with Gasteiger partial charge >= 0.3 is 0 Å². The highest BCUT2D eigenvalue weighted by Gasteiger charge is 2.19. The van der Waals surface area contributed by atoms with Crippen molar-refractivity contribution in [3.05, 3.63) is 29.8 Å². The van der Waals surface area contributed by atoms with Crippen LogP contribution in [0.25, 0.3) is 0 Å². The molecule has 0 spiro atoms. The van der Waals surface area contributed by atoms with E-state index >= 15 is 0 Å². The van der Waals surface area contributed by atoms with E-state index in [0.29, 0.717) is 16.6 Å². The Labute approximate surface area is 124 Å². The molecular weight excluding hydrogens is 268 g/mol. The number of benzene rings is 1. The standard InChI is InChI=1S/C16H20N2OS/c1-12-3-2-4-15(9-12)20-11-16(19)18-14-7-5-13(10-17)6-8-14/h5-8,12,15H,2-4,9,11H2,1H3,(H,18,19). The van der Waals surface area contributed by atoms with Crippen molar-refractivity contribution in [1.29, 1.82) is 5.26 Å². The lowest BCUT2D eigenvalue weighted by molar-refractivity contribution is -0.113. The van der Waals surface area contributed by atoms with Crippen LogP contribution in [0.3, 0.4) is 0 Å². The maximum Gasteiger partial charge on any atom is 0.234 e. The summed E-state index contributed by atoms with van der Waals surface area (Å²) in [5.74, 6) is 1.35. The molecule has 2 unspecified atom stereocenters. The van der Waals surface area contributed by atoms with Gasteiger partial charge < -0.3 is 5.32 Å². The molecule has 0 bridgehead atoms. The minimum absolute atomic E-state index is 0.0398. The summed E-state index contributed by atoms with van der Waals surface area (Å²) >= 11 is 1.77. The quantitative estimate of drug-likeness (QED) is 0.916. The average molecular weight is 288 g/mol. The van der Waals surface area contributed by atoms with Crippen LogP contribution >= 0.6 is 11.8 Å². The van der Waals surface area contributed by atoms with Gasteiger partial charge in [0, 0.05) is 10.9 Å². The minimum atomic E-state index is 0.0398. The minimum Gasteiger partial charge on any atom is -0.325 e. The van der Waals surface area contributed by atoms with E-state index in [9.17, 15) is 4.79 Å². The lowest BCUT2D eigenvalue weighted by Crippen LogP contribution is -2.20. The third kappa shape index (κ3) is 4.57. The molecule has 2 rings (SSSR count). The SMILES string of the molecule is CC1CCCC(SCC(=O)Nc2ccc(C#N)cc2)C1. The van der Waals surface area contributed by atoms with Gasteiger partial charge in [0.2, 0.25) is 5.91 Å². The van der Waals surface area contributed by atoms with Crippen LogP contribution in [-0.2, 0) is 4.79 Å². The first-order valence-corrected chi connectivity index (χ1v) is 8.14. The molecule has 0 radical (unpaired) electrons. The summed E-state index contributed by atoms with van der Waals surface area (Å²) in [4.78, 5) is 11.9. The van der Waals surface area contributed by atoms with Crippen molar-refractivity contribution in [2.75, 3.05) is 11.1 Å². The Morgan fingerprint density at radius 3 is 2.80 bits per heavy atom. The van der Waals surface area contributed by atoms with E-state index in [4.69, 9.17) is 5.26 Å². The van der Waals surface area contributed by atoms with Crippen molar-refractivity contribution in [1.82, 2.24) is 0 Å². The van der Waals surface area contributed by atoms with E-state index in [-0.39, 0.29) is 5.91 Å². The number of hydrogen-bond acceptors (Lipinski definition) is 3. The Bertz CT molecular complexity index is 492. The molecule has 0 saturated heterocycles. The highest BCUT2D eigenvalue weighted by Crippen LogP contribution is 2.31. The monoisotopic (exact) mass is 288 g/mol. The molecule has 1 amide bonds. The predicted octanol–water partition coefficient (Wildman–Crippen LogP) is 3.81. The van der Waals surface area contributed by atoms with Crippen molar-refractivity contribution in [2.45, 2.75) is 37.9 Å². The van der Waals surface area contributed by atoms with Crippen LogP contribution in [0.2, 0.25) is 0 Å². The average Bonchev–Trinajstić information content (AvgIpc) is 2.46. The Balaban J connectivity index is 1.76. The number of carbonyl (C=O) groups is 1. The molecule has 0 aromatic heterocycles. The number of nitrogens with one attached hydrogen (secondary N) is 1. The van der Waals surface area contributed by atoms with E-state index in [0.717, 1.165) is 11.6 Å². The Morgan fingerprint density at radius 2 is 2.15 bits per heavy atom. The molecule has 2 atom stereocenters. The van der Waals surface area contributed by atoms with Crippen LogP contribution in [0.1, 0.15) is 38.2 Å². The molecule has 1 aromatic carbocycles. The fraction of sp³-hybridized carbons (Fsp3) is 0.500. The number of rotatable bonds is 4. The third-order valence-corrected chi connectivity index (χ3v) is 4.96. The number of amides is 1. The van der Waals surface area contributed by atoms with Gasteiger partial charge in [0.05, 0.1) is 17.4 Å². The van der Waals surface area contributed by atoms with Crippen LogP contribution < -0.4 is 5.32 Å². The van der Waals surface area contributed by atoms with Gasteiger partial charge in [-0.2, -0.15) is 5.26 Å². The number of thioether (sulfide) groups is 1. The van der Waals surface area contributed by atoms with Crippen molar-refractivity contribution in [3.8, 4) is 6.07 Å². The summed E-state index contributed by atoms with van der Waals surface area (Å²) in [6, 6.07) is 9.03. The molecule has 3 nitrogen and oxygen atoms in total. The largest absolute Gasteiger partial charge is 0.325 e. The summed E-state index contributed by atoms with van der Waals surface area (Å²) in [5, 5.41) is 12.2. The van der Waals surface area contributed by atoms with E-state index in [1.54, 1.807) is 36.0 Å². The van der Waals surface area contributed by atoms with Gasteiger partial charge in [0.1, 0.15) is 0 Å². The first-order valence-electron chi connectivity index (χ1n) is 7.09. The van der Waals surface area contributed by atoms with Gasteiger partial charge in [-0.25, -0.2) is 0 Å². The molecule has 106 valence electrons. The first-order chi connectivity index (χ1) is 9.67. The Kier molecular flexibility index (Phi) is 5.49. The maximum atomic E-state index is 11.9. The fourth-order valence-electron chi connectivity index (χ4n) is 2.55. The zero-order valence-corrected chi connectivity index (χ0v) is 12.6. The molecule has 1 aromatic rings. The smallest absolute Gasteiger partial charge is 0.234 e. The van der Waals surface area contributed by atoms with Gasteiger partial charge in [-0.15, -0.1) is 11.8 Å². The van der Waals surface area contributed by atoms with Crippen molar-refractivity contribution in [2.24, 2.45) is 5.92 Å². The van der Waals surface area contributed by atoms with Crippen molar-refractivity contribution in [3.63, 3.8) is 0 Å². The highest BCUT2D eigenvalue weighted by atomic mass is 32.2. The van der Waals surface area contributed by atoms with Gasteiger partial charge in [-0.3, -0.25) is 4.79 Å². The highest BCUT2D eigenvalue weighted by molar-refractivity contribution is 8.00. The summed E-state index contributed by atoms with van der Waals surface area (Å²) in [6.45, 7) is 2.30. The second kappa shape index (κ2) is 7.35. The molecule has 1 aliphatic rings. The summed E-state index contributed by atoms with van der Waals surface area (Å²) in [7, 11) is 0. The molecule has 0 aliphatic heterocycles. The molecular formula is C16H20N2OS. The zero-order valence-electron chi connectivity index (χ0n) is 11.8. The normalized spacial score (nSPS) is 22.0. The Morgan fingerprint density at radius 1 is 1.40 bits per heavy atom. The van der Waals surface area contributed by atoms with Gasteiger partial charge in [-0.05, 0) is 43.0 Å². The van der Waals surface area contributed by atoms with Gasteiger partial charge in [-0.1, -0.05) is 19.8 Å². The van der Waals surface area contributed by atoms with Crippen LogP contribution in [-0.4, -0.2) is 16.9 Å². The number of carbonyl (C=O) groups excluding carboxylic acids is 1. The van der Waals surface area contributed by atoms with E-state index in [2.05, 4.69) is 18.3 Å². The number of anilines is 1. The second-order valence-corrected chi connectivity index (χ2v) is 6.73. The summed E-state index contributed by atoms with van der Waals surface area (Å²) in [6.07, 6.45) is 5.08. The molecule has 1 saturated carbocycles. The maximum absolute atomic E-state index is 11.9. The molecule has 1 N–H and O–H groups in total. The Hall–Kier alpha value is -1.47. The van der Waals surface area contributed by atoms with Crippen LogP contribution in [0.4, 0.5) is 5.69 Å². The van der Waals surface area contributed by atoms with E-state index in [1.165, 1.54) is 25.7 Å². The van der Waals surface area contributed by atoms with Crippen LogP contribution in [0.15, 0.2) is 24.3 Å². The molecule has 0 heterocycles. The van der Waals surface area contributed by atoms with Gasteiger partial charge in [0.25, 0.3) is 0 Å².